The number of rotatable bonds is 10. The maximum absolute atomic E-state index is 6.11. The molecule has 0 saturated heterocycles. The first-order chi connectivity index (χ1) is 16.2. The van der Waals surface area contributed by atoms with E-state index < -0.39 is 0 Å². The Morgan fingerprint density at radius 1 is 0.879 bits per heavy atom. The molecule has 1 aromatic heterocycles. The van der Waals surface area contributed by atoms with Crippen molar-refractivity contribution in [3.05, 3.63) is 89.7 Å². The van der Waals surface area contributed by atoms with E-state index in [1.807, 2.05) is 24.3 Å². The fraction of sp³-hybridized carbons (Fsp3) is 0.276. The predicted octanol–water partition coefficient (Wildman–Crippen LogP) is 7.20. The predicted molar refractivity (Wildman–Crippen MR) is 137 cm³/mol. The van der Waals surface area contributed by atoms with Gasteiger partial charge in [-0.2, -0.15) is 0 Å². The van der Waals surface area contributed by atoms with Gasteiger partial charge in [0.05, 0.1) is 24.8 Å². The number of unbranched alkanes of at least 4 members (excludes halogenated alkanes) is 1. The number of para-hydroxylation sites is 3. The molecule has 0 radical (unpaired) electrons. The Hall–Kier alpha value is -3.53. The van der Waals surface area contributed by atoms with Gasteiger partial charge >= 0.3 is 0 Å². The Morgan fingerprint density at radius 2 is 1.64 bits per heavy atom. The molecule has 0 atom stereocenters. The molecule has 0 N–H and O–H groups in total. The van der Waals surface area contributed by atoms with Crippen molar-refractivity contribution in [1.82, 2.24) is 9.55 Å². The van der Waals surface area contributed by atoms with Crippen LogP contribution in [0.5, 0.6) is 11.5 Å². The molecule has 0 bridgehead atoms. The van der Waals surface area contributed by atoms with E-state index in [9.17, 15) is 0 Å². The third-order valence-electron chi connectivity index (χ3n) is 5.80. The molecule has 0 unspecified atom stereocenters. The standard InChI is InChI=1S/C29H32N2O2/c1-22(2)25-10-4-7-13-28(25)33-21-9-8-20-31-27-12-6-5-11-26(27)30-29(31)19-16-23-14-17-24(32-3)18-15-23/h4-7,10-19,22H,8-9,20-21H2,1-3H3/b19-16+. The van der Waals surface area contributed by atoms with E-state index in [1.54, 1.807) is 7.11 Å². The molecule has 0 aliphatic carbocycles. The number of hydrogen-bond donors (Lipinski definition) is 0. The molecule has 0 saturated carbocycles. The van der Waals surface area contributed by atoms with Crippen molar-refractivity contribution in [1.29, 1.82) is 0 Å². The van der Waals surface area contributed by atoms with Gasteiger partial charge in [-0.15, -0.1) is 0 Å². The minimum absolute atomic E-state index is 0.457. The smallest absolute Gasteiger partial charge is 0.133 e. The van der Waals surface area contributed by atoms with E-state index in [1.165, 1.54) is 5.56 Å². The Kier molecular flexibility index (Phi) is 7.46. The number of methoxy groups -OCH3 is 1. The number of aromatic nitrogens is 2. The van der Waals surface area contributed by atoms with Crippen LogP contribution in [0.4, 0.5) is 0 Å². The molecule has 170 valence electrons. The summed E-state index contributed by atoms with van der Waals surface area (Å²) in [6.07, 6.45) is 6.20. The summed E-state index contributed by atoms with van der Waals surface area (Å²) in [5.74, 6) is 3.29. The van der Waals surface area contributed by atoms with Crippen molar-refractivity contribution in [3.8, 4) is 11.5 Å². The highest BCUT2D eigenvalue weighted by molar-refractivity contribution is 5.79. The van der Waals surface area contributed by atoms with E-state index >= 15 is 0 Å². The van der Waals surface area contributed by atoms with Gasteiger partial charge in [0, 0.05) is 6.54 Å². The number of hydrogen-bond acceptors (Lipinski definition) is 3. The number of nitrogens with zero attached hydrogens (tertiary/aromatic N) is 2. The summed E-state index contributed by atoms with van der Waals surface area (Å²) in [7, 11) is 1.68. The summed E-state index contributed by atoms with van der Waals surface area (Å²) in [4.78, 5) is 4.86. The van der Waals surface area contributed by atoms with Crippen LogP contribution < -0.4 is 9.47 Å². The molecule has 0 fully saturated rings. The van der Waals surface area contributed by atoms with E-state index in [-0.39, 0.29) is 0 Å². The van der Waals surface area contributed by atoms with Crippen LogP contribution in [-0.4, -0.2) is 23.3 Å². The molecule has 3 aromatic carbocycles. The highest BCUT2D eigenvalue weighted by Crippen LogP contribution is 2.26. The minimum Gasteiger partial charge on any atom is -0.497 e. The molecule has 0 aliphatic rings. The first-order valence-electron chi connectivity index (χ1n) is 11.6. The zero-order valence-corrected chi connectivity index (χ0v) is 19.7. The van der Waals surface area contributed by atoms with Crippen molar-refractivity contribution in [2.24, 2.45) is 0 Å². The van der Waals surface area contributed by atoms with Crippen molar-refractivity contribution < 1.29 is 9.47 Å². The third-order valence-corrected chi connectivity index (χ3v) is 5.80. The zero-order chi connectivity index (χ0) is 23.0. The zero-order valence-electron chi connectivity index (χ0n) is 19.7. The lowest BCUT2D eigenvalue weighted by molar-refractivity contribution is 0.299. The van der Waals surface area contributed by atoms with Gasteiger partial charge in [-0.1, -0.05) is 62.4 Å². The van der Waals surface area contributed by atoms with Gasteiger partial charge in [-0.3, -0.25) is 0 Å². The van der Waals surface area contributed by atoms with Gasteiger partial charge in [0.25, 0.3) is 0 Å². The second kappa shape index (κ2) is 10.9. The topological polar surface area (TPSA) is 36.3 Å². The normalized spacial score (nSPS) is 11.5. The van der Waals surface area contributed by atoms with E-state index in [4.69, 9.17) is 14.5 Å². The molecule has 33 heavy (non-hydrogen) atoms. The highest BCUT2D eigenvalue weighted by atomic mass is 16.5. The fourth-order valence-electron chi connectivity index (χ4n) is 3.99. The van der Waals surface area contributed by atoms with Gasteiger partial charge in [-0.25, -0.2) is 4.98 Å². The minimum atomic E-state index is 0.457. The molecular formula is C29H32N2O2. The van der Waals surface area contributed by atoms with Crippen LogP contribution in [0.3, 0.4) is 0 Å². The van der Waals surface area contributed by atoms with Gasteiger partial charge in [-0.05, 0) is 66.3 Å². The molecule has 4 nitrogen and oxygen atoms in total. The highest BCUT2D eigenvalue weighted by Gasteiger charge is 2.09. The van der Waals surface area contributed by atoms with Gasteiger partial charge in [0.15, 0.2) is 0 Å². The SMILES string of the molecule is COc1ccc(/C=C/c2nc3ccccc3n2CCCCOc2ccccc2C(C)C)cc1. The summed E-state index contributed by atoms with van der Waals surface area (Å²) < 4.78 is 13.7. The average Bonchev–Trinajstić information content (AvgIpc) is 3.20. The molecule has 0 aliphatic heterocycles. The number of imidazole rings is 1. The monoisotopic (exact) mass is 440 g/mol. The number of ether oxygens (including phenoxy) is 2. The Balaban J connectivity index is 1.42. The second-order valence-corrected chi connectivity index (χ2v) is 8.46. The van der Waals surface area contributed by atoms with Gasteiger partial charge < -0.3 is 14.0 Å². The van der Waals surface area contributed by atoms with Crippen LogP contribution in [-0.2, 0) is 6.54 Å². The first kappa shape index (κ1) is 22.7. The lowest BCUT2D eigenvalue weighted by atomic mass is 10.0. The maximum atomic E-state index is 6.11. The Bertz CT molecular complexity index is 1210. The fourth-order valence-corrected chi connectivity index (χ4v) is 3.99. The molecule has 0 amide bonds. The largest absolute Gasteiger partial charge is 0.497 e. The van der Waals surface area contributed by atoms with Gasteiger partial charge in [0.2, 0.25) is 0 Å². The molecular weight excluding hydrogens is 408 g/mol. The van der Waals surface area contributed by atoms with E-state index in [2.05, 4.69) is 79.1 Å². The van der Waals surface area contributed by atoms with Crippen LogP contribution >= 0.6 is 0 Å². The summed E-state index contributed by atoms with van der Waals surface area (Å²) in [6.45, 7) is 6.02. The van der Waals surface area contributed by atoms with Crippen LogP contribution in [0.2, 0.25) is 0 Å². The Morgan fingerprint density at radius 3 is 2.42 bits per heavy atom. The number of aryl methyl sites for hydroxylation is 1. The van der Waals surface area contributed by atoms with Crippen LogP contribution in [0.25, 0.3) is 23.2 Å². The van der Waals surface area contributed by atoms with Gasteiger partial charge in [0.1, 0.15) is 17.3 Å². The van der Waals surface area contributed by atoms with E-state index in [0.29, 0.717) is 12.5 Å². The maximum Gasteiger partial charge on any atom is 0.133 e. The van der Waals surface area contributed by atoms with Crippen LogP contribution in [0, 0.1) is 0 Å². The molecule has 1 heterocycles. The van der Waals surface area contributed by atoms with Crippen molar-refractivity contribution in [3.63, 3.8) is 0 Å². The van der Waals surface area contributed by atoms with Crippen LogP contribution in [0.15, 0.2) is 72.8 Å². The number of benzene rings is 3. The lowest BCUT2D eigenvalue weighted by Gasteiger charge is -2.14. The first-order valence-corrected chi connectivity index (χ1v) is 11.6. The summed E-state index contributed by atoms with van der Waals surface area (Å²) in [5.41, 5.74) is 4.57. The molecule has 0 spiro atoms. The second-order valence-electron chi connectivity index (χ2n) is 8.46. The molecule has 4 heteroatoms. The Labute approximate surface area is 196 Å². The lowest BCUT2D eigenvalue weighted by Crippen LogP contribution is -2.05. The average molecular weight is 441 g/mol. The van der Waals surface area contributed by atoms with Crippen LogP contribution in [0.1, 0.15) is 49.6 Å². The molecule has 4 aromatic rings. The van der Waals surface area contributed by atoms with Crippen molar-refractivity contribution in [2.45, 2.75) is 39.2 Å². The molecule has 4 rings (SSSR count). The summed E-state index contributed by atoms with van der Waals surface area (Å²) in [6, 6.07) is 24.7. The summed E-state index contributed by atoms with van der Waals surface area (Å²) >= 11 is 0. The van der Waals surface area contributed by atoms with E-state index in [0.717, 1.165) is 53.3 Å². The van der Waals surface area contributed by atoms with Crippen molar-refractivity contribution >= 4 is 23.2 Å². The quantitative estimate of drug-likeness (QED) is 0.245. The summed E-state index contributed by atoms with van der Waals surface area (Å²) in [5, 5.41) is 0. The third kappa shape index (κ3) is 5.64. The van der Waals surface area contributed by atoms with Crippen molar-refractivity contribution in [2.75, 3.05) is 13.7 Å². The number of fused-ring (bicyclic) bond motifs is 1.